The van der Waals surface area contributed by atoms with Gasteiger partial charge in [0.15, 0.2) is 0 Å². The predicted molar refractivity (Wildman–Crippen MR) is 111 cm³/mol. The van der Waals surface area contributed by atoms with Crippen molar-refractivity contribution in [3.8, 4) is 11.5 Å². The topological polar surface area (TPSA) is 73.0 Å². The van der Waals surface area contributed by atoms with Crippen LogP contribution < -0.4 is 5.32 Å². The summed E-state index contributed by atoms with van der Waals surface area (Å²) in [6.07, 6.45) is 4.50. The SMILES string of the molecule is CCc1ccc(CNC(=O)Cn2c(C)cc(-c3nnc(C4CCC4)o3)c2C)cc1. The van der Waals surface area contributed by atoms with Crippen LogP contribution in [0.2, 0.25) is 0 Å². The third kappa shape index (κ3) is 4.11. The molecule has 1 aliphatic rings. The number of hydrogen-bond acceptors (Lipinski definition) is 4. The van der Waals surface area contributed by atoms with Crippen molar-refractivity contribution in [2.24, 2.45) is 0 Å². The molecule has 1 aliphatic carbocycles. The summed E-state index contributed by atoms with van der Waals surface area (Å²) in [6, 6.07) is 10.4. The Hall–Kier alpha value is -2.89. The second-order valence-corrected chi connectivity index (χ2v) is 7.89. The first kappa shape index (κ1) is 19.4. The molecule has 1 fully saturated rings. The van der Waals surface area contributed by atoms with Gasteiger partial charge in [-0.25, -0.2) is 0 Å². The number of benzene rings is 1. The van der Waals surface area contributed by atoms with Crippen molar-refractivity contribution in [3.05, 3.63) is 58.7 Å². The van der Waals surface area contributed by atoms with E-state index >= 15 is 0 Å². The zero-order valence-electron chi connectivity index (χ0n) is 17.4. The van der Waals surface area contributed by atoms with Gasteiger partial charge in [-0.05, 0) is 50.3 Å². The average molecular weight is 393 g/mol. The lowest BCUT2D eigenvalue weighted by Crippen LogP contribution is -2.27. The van der Waals surface area contributed by atoms with Crippen LogP contribution in [0.25, 0.3) is 11.5 Å². The first-order valence-corrected chi connectivity index (χ1v) is 10.4. The molecule has 4 rings (SSSR count). The normalized spacial score (nSPS) is 14.0. The molecule has 152 valence electrons. The molecule has 0 unspecified atom stereocenters. The molecule has 0 saturated heterocycles. The summed E-state index contributed by atoms with van der Waals surface area (Å²) < 4.78 is 7.91. The number of aryl methyl sites for hydroxylation is 2. The minimum Gasteiger partial charge on any atom is -0.420 e. The van der Waals surface area contributed by atoms with Gasteiger partial charge in [-0.3, -0.25) is 4.79 Å². The summed E-state index contributed by atoms with van der Waals surface area (Å²) in [5.41, 5.74) is 5.28. The molecule has 0 bridgehead atoms. The summed E-state index contributed by atoms with van der Waals surface area (Å²) in [6.45, 7) is 6.93. The Balaban J connectivity index is 1.41. The number of hydrogen-bond donors (Lipinski definition) is 1. The van der Waals surface area contributed by atoms with Gasteiger partial charge in [-0.2, -0.15) is 0 Å². The van der Waals surface area contributed by atoms with E-state index in [2.05, 4.69) is 46.7 Å². The molecular weight excluding hydrogens is 364 g/mol. The lowest BCUT2D eigenvalue weighted by molar-refractivity contribution is -0.121. The number of amides is 1. The van der Waals surface area contributed by atoms with Gasteiger partial charge in [0.2, 0.25) is 17.7 Å². The molecular formula is C23H28N4O2. The fraction of sp³-hybridized carbons (Fsp3) is 0.435. The Kier molecular flexibility index (Phi) is 5.51. The Morgan fingerprint density at radius 3 is 2.55 bits per heavy atom. The summed E-state index contributed by atoms with van der Waals surface area (Å²) in [4.78, 5) is 12.5. The molecule has 0 radical (unpaired) electrons. The van der Waals surface area contributed by atoms with E-state index in [-0.39, 0.29) is 12.5 Å². The van der Waals surface area contributed by atoms with Crippen LogP contribution in [0, 0.1) is 13.8 Å². The van der Waals surface area contributed by atoms with Crippen LogP contribution in [0.4, 0.5) is 0 Å². The maximum absolute atomic E-state index is 12.5. The van der Waals surface area contributed by atoms with Crippen molar-refractivity contribution in [3.63, 3.8) is 0 Å². The van der Waals surface area contributed by atoms with Gasteiger partial charge in [-0.15, -0.1) is 10.2 Å². The van der Waals surface area contributed by atoms with Crippen LogP contribution in [0.1, 0.15) is 60.5 Å². The molecule has 2 aromatic heterocycles. The molecule has 0 spiro atoms. The maximum Gasteiger partial charge on any atom is 0.249 e. The largest absolute Gasteiger partial charge is 0.420 e. The monoisotopic (exact) mass is 392 g/mol. The van der Waals surface area contributed by atoms with E-state index in [0.717, 1.165) is 47.7 Å². The van der Waals surface area contributed by atoms with Crippen LogP contribution >= 0.6 is 0 Å². The third-order valence-electron chi connectivity index (χ3n) is 5.92. The Labute approximate surface area is 171 Å². The lowest BCUT2D eigenvalue weighted by atomic mass is 9.85. The zero-order chi connectivity index (χ0) is 20.4. The molecule has 3 aromatic rings. The fourth-order valence-electron chi connectivity index (χ4n) is 3.72. The van der Waals surface area contributed by atoms with Crippen molar-refractivity contribution in [2.75, 3.05) is 0 Å². The smallest absolute Gasteiger partial charge is 0.249 e. The first-order valence-electron chi connectivity index (χ1n) is 10.4. The number of nitrogens with one attached hydrogen (secondary N) is 1. The fourth-order valence-corrected chi connectivity index (χ4v) is 3.72. The summed E-state index contributed by atoms with van der Waals surface area (Å²) in [5, 5.41) is 11.5. The highest BCUT2D eigenvalue weighted by atomic mass is 16.4. The molecule has 2 heterocycles. The van der Waals surface area contributed by atoms with Crippen LogP contribution in [0.3, 0.4) is 0 Å². The summed E-state index contributed by atoms with van der Waals surface area (Å²) >= 11 is 0. The number of rotatable bonds is 7. The highest BCUT2D eigenvalue weighted by molar-refractivity contribution is 5.76. The Morgan fingerprint density at radius 1 is 1.17 bits per heavy atom. The average Bonchev–Trinajstić information content (AvgIpc) is 3.25. The quantitative estimate of drug-likeness (QED) is 0.651. The second-order valence-electron chi connectivity index (χ2n) is 7.89. The van der Waals surface area contributed by atoms with Gasteiger partial charge < -0.3 is 14.3 Å². The molecule has 0 aliphatic heterocycles. The van der Waals surface area contributed by atoms with E-state index in [1.807, 2.05) is 24.5 Å². The number of aromatic nitrogens is 3. The van der Waals surface area contributed by atoms with Crippen LogP contribution in [0.5, 0.6) is 0 Å². The van der Waals surface area contributed by atoms with Gasteiger partial charge in [0.1, 0.15) is 6.54 Å². The van der Waals surface area contributed by atoms with Crippen LogP contribution in [-0.2, 0) is 24.3 Å². The van der Waals surface area contributed by atoms with E-state index in [1.54, 1.807) is 0 Å². The molecule has 1 amide bonds. The molecule has 1 saturated carbocycles. The van der Waals surface area contributed by atoms with E-state index < -0.39 is 0 Å². The Morgan fingerprint density at radius 2 is 1.90 bits per heavy atom. The summed E-state index contributed by atoms with van der Waals surface area (Å²) in [5.74, 6) is 1.68. The highest BCUT2D eigenvalue weighted by Crippen LogP contribution is 2.37. The molecule has 6 heteroatoms. The van der Waals surface area contributed by atoms with Crippen molar-refractivity contribution in [1.29, 1.82) is 0 Å². The van der Waals surface area contributed by atoms with Crippen molar-refractivity contribution < 1.29 is 9.21 Å². The van der Waals surface area contributed by atoms with Crippen LogP contribution in [0.15, 0.2) is 34.7 Å². The Bertz CT molecular complexity index is 997. The van der Waals surface area contributed by atoms with E-state index in [4.69, 9.17) is 4.42 Å². The third-order valence-corrected chi connectivity index (χ3v) is 5.92. The highest BCUT2D eigenvalue weighted by Gasteiger charge is 2.26. The molecule has 29 heavy (non-hydrogen) atoms. The van der Waals surface area contributed by atoms with E-state index in [0.29, 0.717) is 18.4 Å². The van der Waals surface area contributed by atoms with E-state index in [9.17, 15) is 4.79 Å². The number of carbonyl (C=O) groups is 1. The predicted octanol–water partition coefficient (Wildman–Crippen LogP) is 4.30. The van der Waals surface area contributed by atoms with Gasteiger partial charge >= 0.3 is 0 Å². The van der Waals surface area contributed by atoms with Gasteiger partial charge in [0, 0.05) is 23.9 Å². The minimum absolute atomic E-state index is 0.0152. The number of nitrogens with zero attached hydrogens (tertiary/aromatic N) is 3. The minimum atomic E-state index is -0.0152. The first-order chi connectivity index (χ1) is 14.0. The van der Waals surface area contributed by atoms with Crippen LogP contribution in [-0.4, -0.2) is 20.7 Å². The number of carbonyl (C=O) groups excluding carboxylic acids is 1. The summed E-state index contributed by atoms with van der Waals surface area (Å²) in [7, 11) is 0. The van der Waals surface area contributed by atoms with Gasteiger partial charge in [0.25, 0.3) is 0 Å². The second kappa shape index (κ2) is 8.23. The zero-order valence-corrected chi connectivity index (χ0v) is 17.4. The van der Waals surface area contributed by atoms with Crippen molar-refractivity contribution >= 4 is 5.91 Å². The molecule has 6 nitrogen and oxygen atoms in total. The maximum atomic E-state index is 12.5. The van der Waals surface area contributed by atoms with Gasteiger partial charge in [-0.1, -0.05) is 37.6 Å². The molecule has 1 aromatic carbocycles. The van der Waals surface area contributed by atoms with Gasteiger partial charge in [0.05, 0.1) is 5.56 Å². The molecule has 0 atom stereocenters. The van der Waals surface area contributed by atoms with Crippen molar-refractivity contribution in [2.45, 2.75) is 65.5 Å². The molecule has 1 N–H and O–H groups in total. The van der Waals surface area contributed by atoms with Crippen molar-refractivity contribution in [1.82, 2.24) is 20.1 Å². The standard InChI is InChI=1S/C23H28N4O2/c1-4-17-8-10-18(11-9-17)13-24-21(28)14-27-15(2)12-20(16(27)3)23-26-25-22(29-23)19-6-5-7-19/h8-12,19H,4-7,13-14H2,1-3H3,(H,24,28). The lowest BCUT2D eigenvalue weighted by Gasteiger charge is -2.20. The van der Waals surface area contributed by atoms with E-state index in [1.165, 1.54) is 12.0 Å².